The third-order valence-corrected chi connectivity index (χ3v) is 4.20. The number of Topliss-reactive ketones (excluding diaryl/α,β-unsaturated/α-hetero) is 1. The molecule has 0 spiro atoms. The molecule has 84 valence electrons. The molecule has 0 aliphatic heterocycles. The first-order valence-corrected chi connectivity index (χ1v) is 6.03. The number of hydrogen-bond donors (Lipinski definition) is 1. The van der Waals surface area contributed by atoms with E-state index in [2.05, 4.69) is 12.1 Å². The van der Waals surface area contributed by atoms with Crippen LogP contribution in [0.15, 0.2) is 30.3 Å². The van der Waals surface area contributed by atoms with Gasteiger partial charge >= 0.3 is 0 Å². The van der Waals surface area contributed by atoms with Crippen LogP contribution in [0.3, 0.4) is 0 Å². The molecule has 2 nitrogen and oxygen atoms in total. The normalized spacial score (nSPS) is 37.7. The minimum Gasteiger partial charge on any atom is -0.392 e. The fourth-order valence-corrected chi connectivity index (χ4v) is 3.41. The van der Waals surface area contributed by atoms with Crippen molar-refractivity contribution >= 4 is 5.78 Å². The lowest BCUT2D eigenvalue weighted by atomic mass is 9.60. The number of fused-ring (bicyclic) bond motifs is 3. The van der Waals surface area contributed by atoms with Crippen molar-refractivity contribution < 1.29 is 9.90 Å². The predicted octanol–water partition coefficient (Wildman–Crippen LogP) is 2.13. The van der Waals surface area contributed by atoms with E-state index in [0.29, 0.717) is 12.3 Å². The Kier molecular flexibility index (Phi) is 2.32. The molecule has 0 saturated heterocycles. The van der Waals surface area contributed by atoms with Crippen LogP contribution < -0.4 is 0 Å². The van der Waals surface area contributed by atoms with Gasteiger partial charge in [-0.15, -0.1) is 0 Å². The fraction of sp³-hybridized carbons (Fsp3) is 0.500. The molecule has 2 heteroatoms. The van der Waals surface area contributed by atoms with Gasteiger partial charge in [0.05, 0.1) is 6.10 Å². The van der Waals surface area contributed by atoms with Gasteiger partial charge in [-0.1, -0.05) is 30.3 Å². The highest BCUT2D eigenvalue weighted by molar-refractivity contribution is 5.84. The molecule has 1 N–H and O–H groups in total. The summed E-state index contributed by atoms with van der Waals surface area (Å²) in [6.07, 6.45) is 2.19. The lowest BCUT2D eigenvalue weighted by Crippen LogP contribution is -2.47. The largest absolute Gasteiger partial charge is 0.392 e. The van der Waals surface area contributed by atoms with E-state index in [4.69, 9.17) is 0 Å². The van der Waals surface area contributed by atoms with E-state index in [1.54, 1.807) is 0 Å². The molecule has 0 amide bonds. The van der Waals surface area contributed by atoms with Crippen molar-refractivity contribution in [2.24, 2.45) is 11.8 Å². The molecule has 0 unspecified atom stereocenters. The first kappa shape index (κ1) is 10.0. The maximum absolute atomic E-state index is 11.7. The number of benzene rings is 1. The molecular formula is C14H16O2. The molecule has 3 saturated carbocycles. The summed E-state index contributed by atoms with van der Waals surface area (Å²) < 4.78 is 0. The number of aliphatic hydroxyl groups excluding tert-OH is 1. The molecule has 3 aliphatic carbocycles. The van der Waals surface area contributed by atoms with Gasteiger partial charge in [0.25, 0.3) is 0 Å². The van der Waals surface area contributed by atoms with Crippen LogP contribution in [-0.2, 0) is 4.79 Å². The van der Waals surface area contributed by atoms with Crippen LogP contribution in [-0.4, -0.2) is 17.0 Å². The van der Waals surface area contributed by atoms with E-state index in [-0.39, 0.29) is 17.6 Å². The quantitative estimate of drug-likeness (QED) is 0.780. The molecule has 16 heavy (non-hydrogen) atoms. The van der Waals surface area contributed by atoms with Crippen molar-refractivity contribution in [2.75, 3.05) is 0 Å². The molecule has 1 aromatic carbocycles. The summed E-state index contributed by atoms with van der Waals surface area (Å²) in [6, 6.07) is 10.1. The van der Waals surface area contributed by atoms with Crippen LogP contribution in [0, 0.1) is 11.8 Å². The lowest BCUT2D eigenvalue weighted by molar-refractivity contribution is -0.138. The molecule has 0 radical (unpaired) electrons. The highest BCUT2D eigenvalue weighted by Gasteiger charge is 2.47. The van der Waals surface area contributed by atoms with Gasteiger partial charge in [-0.25, -0.2) is 0 Å². The number of hydrogen-bond acceptors (Lipinski definition) is 2. The van der Waals surface area contributed by atoms with Crippen molar-refractivity contribution in [3.8, 4) is 0 Å². The van der Waals surface area contributed by atoms with E-state index in [1.807, 2.05) is 18.2 Å². The maximum Gasteiger partial charge on any atom is 0.138 e. The van der Waals surface area contributed by atoms with Gasteiger partial charge in [0.15, 0.2) is 0 Å². The molecule has 3 aliphatic rings. The minimum atomic E-state index is -0.456. The Morgan fingerprint density at radius 1 is 1.12 bits per heavy atom. The van der Waals surface area contributed by atoms with Crippen molar-refractivity contribution in [3.05, 3.63) is 35.9 Å². The van der Waals surface area contributed by atoms with Gasteiger partial charge < -0.3 is 5.11 Å². The molecule has 0 heterocycles. The highest BCUT2D eigenvalue weighted by atomic mass is 16.3. The van der Waals surface area contributed by atoms with Crippen LogP contribution in [0.1, 0.15) is 30.7 Å². The average molecular weight is 216 g/mol. The maximum atomic E-state index is 11.7. The van der Waals surface area contributed by atoms with Gasteiger partial charge in [-0.3, -0.25) is 4.79 Å². The standard InChI is InChI=1S/C14H16O2/c15-12-8-10-6-7-11(12)14(16)13(10)9-4-2-1-3-5-9/h1-5,10-11,13-14,16H,6-8H2/t10-,11+,13+,14+/m1/s1. The zero-order chi connectivity index (χ0) is 11.1. The van der Waals surface area contributed by atoms with Gasteiger partial charge in [0, 0.05) is 18.3 Å². The number of rotatable bonds is 1. The summed E-state index contributed by atoms with van der Waals surface area (Å²) in [6.45, 7) is 0. The van der Waals surface area contributed by atoms with Crippen molar-refractivity contribution in [3.63, 3.8) is 0 Å². The Hall–Kier alpha value is -1.15. The molecule has 3 fully saturated rings. The molecule has 1 aromatic rings. The number of ketones is 1. The summed E-state index contributed by atoms with van der Waals surface area (Å²) >= 11 is 0. The summed E-state index contributed by atoms with van der Waals surface area (Å²) in [5.74, 6) is 0.707. The van der Waals surface area contributed by atoms with Crippen LogP contribution in [0.5, 0.6) is 0 Å². The van der Waals surface area contributed by atoms with Gasteiger partial charge in [-0.2, -0.15) is 0 Å². The van der Waals surface area contributed by atoms with Gasteiger partial charge in [-0.05, 0) is 24.3 Å². The first-order valence-electron chi connectivity index (χ1n) is 6.03. The Morgan fingerprint density at radius 2 is 1.88 bits per heavy atom. The van der Waals surface area contributed by atoms with E-state index in [0.717, 1.165) is 12.8 Å². The van der Waals surface area contributed by atoms with E-state index in [1.165, 1.54) is 5.56 Å². The third-order valence-electron chi connectivity index (χ3n) is 4.20. The van der Waals surface area contributed by atoms with Crippen LogP contribution in [0.4, 0.5) is 0 Å². The lowest BCUT2D eigenvalue weighted by Gasteiger charge is -2.45. The smallest absolute Gasteiger partial charge is 0.138 e. The molecule has 2 bridgehead atoms. The summed E-state index contributed by atoms with van der Waals surface area (Å²) in [5.41, 5.74) is 1.19. The van der Waals surface area contributed by atoms with Crippen molar-refractivity contribution in [1.29, 1.82) is 0 Å². The second-order valence-electron chi connectivity index (χ2n) is 5.04. The van der Waals surface area contributed by atoms with Crippen LogP contribution >= 0.6 is 0 Å². The fourth-order valence-electron chi connectivity index (χ4n) is 3.41. The first-order chi connectivity index (χ1) is 7.77. The topological polar surface area (TPSA) is 37.3 Å². The second-order valence-corrected chi connectivity index (χ2v) is 5.04. The number of carbonyl (C=O) groups excluding carboxylic acids is 1. The molecular weight excluding hydrogens is 200 g/mol. The van der Waals surface area contributed by atoms with E-state index in [9.17, 15) is 9.90 Å². The number of carbonyl (C=O) groups is 1. The predicted molar refractivity (Wildman–Crippen MR) is 61.0 cm³/mol. The molecule has 0 aromatic heterocycles. The van der Waals surface area contributed by atoms with Crippen molar-refractivity contribution in [2.45, 2.75) is 31.3 Å². The summed E-state index contributed by atoms with van der Waals surface area (Å²) in [7, 11) is 0. The molecule has 4 rings (SSSR count). The average Bonchev–Trinajstić information content (AvgIpc) is 2.30. The Morgan fingerprint density at radius 3 is 2.50 bits per heavy atom. The third kappa shape index (κ3) is 1.40. The van der Waals surface area contributed by atoms with Crippen LogP contribution in [0.25, 0.3) is 0 Å². The Labute approximate surface area is 95.3 Å². The monoisotopic (exact) mass is 216 g/mol. The Balaban J connectivity index is 1.95. The highest BCUT2D eigenvalue weighted by Crippen LogP contribution is 2.47. The van der Waals surface area contributed by atoms with Gasteiger partial charge in [0.2, 0.25) is 0 Å². The summed E-state index contributed by atoms with van der Waals surface area (Å²) in [4.78, 5) is 11.7. The van der Waals surface area contributed by atoms with Crippen LogP contribution in [0.2, 0.25) is 0 Å². The Bertz CT molecular complexity index is 396. The zero-order valence-corrected chi connectivity index (χ0v) is 9.17. The minimum absolute atomic E-state index is 0.102. The van der Waals surface area contributed by atoms with E-state index >= 15 is 0 Å². The van der Waals surface area contributed by atoms with Gasteiger partial charge in [0.1, 0.15) is 5.78 Å². The zero-order valence-electron chi connectivity index (χ0n) is 9.17. The second kappa shape index (κ2) is 3.70. The molecule has 4 atom stereocenters. The van der Waals surface area contributed by atoms with Crippen molar-refractivity contribution in [1.82, 2.24) is 0 Å². The number of aliphatic hydroxyl groups is 1. The summed E-state index contributed by atoms with van der Waals surface area (Å²) in [5, 5.41) is 10.3. The SMILES string of the molecule is O=C1C[C@H]2CC[C@@H]1[C@H](O)[C@H]2c1ccccc1. The van der Waals surface area contributed by atoms with E-state index < -0.39 is 6.10 Å².